The van der Waals surface area contributed by atoms with Crippen molar-refractivity contribution in [2.45, 2.75) is 33.7 Å². The quantitative estimate of drug-likeness (QED) is 0.653. The molecule has 0 bridgehead atoms. The van der Waals surface area contributed by atoms with Crippen LogP contribution in [0.15, 0.2) is 30.5 Å². The van der Waals surface area contributed by atoms with Gasteiger partial charge in [-0.25, -0.2) is 0 Å². The Hall–Kier alpha value is -2.10. The number of pyridine rings is 1. The molecule has 0 amide bonds. The van der Waals surface area contributed by atoms with Gasteiger partial charge in [-0.3, -0.25) is 10.4 Å². The Bertz CT molecular complexity index is 646. The SMILES string of the molecule is CC(C)CN(c1c(C(=N)N)cnc2ccccc12)C(C)C. The summed E-state index contributed by atoms with van der Waals surface area (Å²) in [5, 5.41) is 8.93. The predicted octanol–water partition coefficient (Wildman–Crippen LogP) is 3.39. The second-order valence-corrected chi connectivity index (χ2v) is 6.09. The molecule has 0 atom stereocenters. The zero-order valence-electron chi connectivity index (χ0n) is 13.2. The molecular formula is C17H24N4. The standard InChI is InChI=1S/C17H24N4/c1-11(2)10-21(12(3)4)16-13-7-5-6-8-15(13)20-9-14(16)17(18)19/h5-9,11-12H,10H2,1-4H3,(H3,18,19). The number of rotatable bonds is 5. The number of nitrogens with one attached hydrogen (secondary N) is 1. The van der Waals surface area contributed by atoms with Crippen molar-refractivity contribution < 1.29 is 0 Å². The number of nitrogens with zero attached hydrogens (tertiary/aromatic N) is 2. The summed E-state index contributed by atoms with van der Waals surface area (Å²) in [4.78, 5) is 6.76. The van der Waals surface area contributed by atoms with Crippen LogP contribution in [0.25, 0.3) is 10.9 Å². The summed E-state index contributed by atoms with van der Waals surface area (Å²) in [5.41, 5.74) is 8.46. The summed E-state index contributed by atoms with van der Waals surface area (Å²) in [6.45, 7) is 9.66. The molecule has 1 aromatic heterocycles. The monoisotopic (exact) mass is 284 g/mol. The Morgan fingerprint density at radius 2 is 1.90 bits per heavy atom. The van der Waals surface area contributed by atoms with E-state index < -0.39 is 0 Å². The Balaban J connectivity index is 2.72. The van der Waals surface area contributed by atoms with Crippen molar-refractivity contribution >= 4 is 22.4 Å². The highest BCUT2D eigenvalue weighted by atomic mass is 15.2. The van der Waals surface area contributed by atoms with Gasteiger partial charge < -0.3 is 10.6 Å². The Morgan fingerprint density at radius 3 is 2.48 bits per heavy atom. The van der Waals surface area contributed by atoms with Crippen LogP contribution in [0.4, 0.5) is 5.69 Å². The number of anilines is 1. The van der Waals surface area contributed by atoms with Crippen LogP contribution in [0.5, 0.6) is 0 Å². The third-order valence-electron chi connectivity index (χ3n) is 3.51. The highest BCUT2D eigenvalue weighted by Gasteiger charge is 2.20. The molecule has 1 aromatic carbocycles. The highest BCUT2D eigenvalue weighted by molar-refractivity contribution is 6.07. The minimum atomic E-state index is 0.0673. The molecular weight excluding hydrogens is 260 g/mol. The number of benzene rings is 1. The van der Waals surface area contributed by atoms with Crippen molar-refractivity contribution in [2.24, 2.45) is 11.7 Å². The minimum absolute atomic E-state index is 0.0673. The number of nitrogen functional groups attached to an aromatic ring is 1. The number of fused-ring (bicyclic) bond motifs is 1. The van der Waals surface area contributed by atoms with Gasteiger partial charge in [0.1, 0.15) is 5.84 Å². The maximum atomic E-state index is 7.88. The highest BCUT2D eigenvalue weighted by Crippen LogP contribution is 2.31. The maximum Gasteiger partial charge on any atom is 0.126 e. The fourth-order valence-corrected chi connectivity index (χ4v) is 2.59. The van der Waals surface area contributed by atoms with Crippen LogP contribution in [0.3, 0.4) is 0 Å². The predicted molar refractivity (Wildman–Crippen MR) is 90.1 cm³/mol. The molecule has 0 radical (unpaired) electrons. The lowest BCUT2D eigenvalue weighted by Crippen LogP contribution is -2.36. The van der Waals surface area contributed by atoms with Crippen LogP contribution < -0.4 is 10.6 Å². The molecule has 0 aliphatic carbocycles. The molecule has 4 heteroatoms. The van der Waals surface area contributed by atoms with E-state index in [0.717, 1.165) is 23.1 Å². The van der Waals surface area contributed by atoms with Gasteiger partial charge in [-0.15, -0.1) is 0 Å². The van der Waals surface area contributed by atoms with Crippen LogP contribution in [0.1, 0.15) is 33.3 Å². The van der Waals surface area contributed by atoms with E-state index in [1.807, 2.05) is 18.2 Å². The average Bonchev–Trinajstić information content (AvgIpc) is 2.43. The summed E-state index contributed by atoms with van der Waals surface area (Å²) < 4.78 is 0. The largest absolute Gasteiger partial charge is 0.384 e. The van der Waals surface area contributed by atoms with Crippen molar-refractivity contribution in [1.29, 1.82) is 5.41 Å². The molecule has 112 valence electrons. The van der Waals surface area contributed by atoms with Crippen LogP contribution in [-0.4, -0.2) is 23.4 Å². The lowest BCUT2D eigenvalue weighted by Gasteiger charge is -2.33. The van der Waals surface area contributed by atoms with Crippen molar-refractivity contribution in [3.63, 3.8) is 0 Å². The molecule has 2 rings (SSSR count). The topological polar surface area (TPSA) is 66.0 Å². The molecule has 0 aliphatic heterocycles. The van der Waals surface area contributed by atoms with E-state index in [0.29, 0.717) is 17.5 Å². The molecule has 2 aromatic rings. The summed E-state index contributed by atoms with van der Waals surface area (Å²) in [7, 11) is 0. The molecule has 0 spiro atoms. The third kappa shape index (κ3) is 3.15. The molecule has 1 heterocycles. The van der Waals surface area contributed by atoms with Gasteiger partial charge in [0.05, 0.1) is 16.8 Å². The van der Waals surface area contributed by atoms with E-state index in [-0.39, 0.29) is 5.84 Å². The lowest BCUT2D eigenvalue weighted by molar-refractivity contribution is 0.572. The number of amidine groups is 1. The Kier molecular flexibility index (Phi) is 4.46. The first-order valence-corrected chi connectivity index (χ1v) is 7.40. The van der Waals surface area contributed by atoms with Gasteiger partial charge in [-0.1, -0.05) is 32.0 Å². The zero-order chi connectivity index (χ0) is 15.6. The van der Waals surface area contributed by atoms with Gasteiger partial charge in [0.15, 0.2) is 0 Å². The fourth-order valence-electron chi connectivity index (χ4n) is 2.59. The number of aromatic nitrogens is 1. The Morgan fingerprint density at radius 1 is 1.24 bits per heavy atom. The Labute approximate surface area is 126 Å². The number of hydrogen-bond donors (Lipinski definition) is 2. The van der Waals surface area contributed by atoms with Crippen molar-refractivity contribution in [2.75, 3.05) is 11.4 Å². The first-order chi connectivity index (χ1) is 9.91. The van der Waals surface area contributed by atoms with Crippen molar-refractivity contribution in [1.82, 2.24) is 4.98 Å². The van der Waals surface area contributed by atoms with Crippen molar-refractivity contribution in [3.8, 4) is 0 Å². The zero-order valence-corrected chi connectivity index (χ0v) is 13.2. The van der Waals surface area contributed by atoms with Gasteiger partial charge in [-0.05, 0) is 25.8 Å². The molecule has 0 aliphatic rings. The second-order valence-electron chi connectivity index (χ2n) is 6.09. The molecule has 0 unspecified atom stereocenters. The summed E-state index contributed by atoms with van der Waals surface area (Å²) >= 11 is 0. The van der Waals surface area contributed by atoms with Gasteiger partial charge in [0, 0.05) is 24.2 Å². The normalized spacial score (nSPS) is 11.3. The first-order valence-electron chi connectivity index (χ1n) is 7.40. The average molecular weight is 284 g/mol. The second kappa shape index (κ2) is 6.12. The molecule has 0 saturated carbocycles. The smallest absolute Gasteiger partial charge is 0.126 e. The minimum Gasteiger partial charge on any atom is -0.384 e. The van der Waals surface area contributed by atoms with Crippen molar-refractivity contribution in [3.05, 3.63) is 36.0 Å². The van der Waals surface area contributed by atoms with E-state index in [9.17, 15) is 0 Å². The van der Waals surface area contributed by atoms with Crippen LogP contribution in [0, 0.1) is 11.3 Å². The van der Waals surface area contributed by atoms with E-state index in [1.54, 1.807) is 6.20 Å². The maximum absolute atomic E-state index is 7.88. The fraction of sp³-hybridized carbons (Fsp3) is 0.412. The first kappa shape index (κ1) is 15.3. The molecule has 3 N–H and O–H groups in total. The van der Waals surface area contributed by atoms with Gasteiger partial charge >= 0.3 is 0 Å². The molecule has 4 nitrogen and oxygen atoms in total. The van der Waals surface area contributed by atoms with Crippen LogP contribution >= 0.6 is 0 Å². The van der Waals surface area contributed by atoms with Crippen LogP contribution in [-0.2, 0) is 0 Å². The summed E-state index contributed by atoms with van der Waals surface area (Å²) in [6, 6.07) is 8.37. The summed E-state index contributed by atoms with van der Waals surface area (Å²) in [5.74, 6) is 0.594. The molecule has 0 fully saturated rings. The lowest BCUT2D eigenvalue weighted by atomic mass is 10.0. The molecule has 0 saturated heterocycles. The van der Waals surface area contributed by atoms with E-state index in [4.69, 9.17) is 11.1 Å². The number of nitrogens with two attached hydrogens (primary N) is 1. The van der Waals surface area contributed by atoms with Gasteiger partial charge in [-0.2, -0.15) is 0 Å². The number of hydrogen-bond acceptors (Lipinski definition) is 3. The van der Waals surface area contributed by atoms with Gasteiger partial charge in [0.2, 0.25) is 0 Å². The van der Waals surface area contributed by atoms with Gasteiger partial charge in [0.25, 0.3) is 0 Å². The summed E-state index contributed by atoms with van der Waals surface area (Å²) in [6.07, 6.45) is 1.72. The van der Waals surface area contributed by atoms with E-state index in [1.165, 1.54) is 0 Å². The number of para-hydroxylation sites is 1. The van der Waals surface area contributed by atoms with E-state index in [2.05, 4.69) is 43.6 Å². The third-order valence-corrected chi connectivity index (χ3v) is 3.51. The van der Waals surface area contributed by atoms with Crippen LogP contribution in [0.2, 0.25) is 0 Å². The molecule has 21 heavy (non-hydrogen) atoms. The van der Waals surface area contributed by atoms with E-state index >= 15 is 0 Å².